The van der Waals surface area contributed by atoms with Gasteiger partial charge in [-0.3, -0.25) is 0 Å². The van der Waals surface area contributed by atoms with Gasteiger partial charge < -0.3 is 20.5 Å². The van der Waals surface area contributed by atoms with Crippen LogP contribution in [0.1, 0.15) is 18.1 Å². The second-order valence-electron chi connectivity index (χ2n) is 5.90. The average Bonchev–Trinajstić information content (AvgIpc) is 2.58. The summed E-state index contributed by atoms with van der Waals surface area (Å²) < 4.78 is 19.8. The van der Waals surface area contributed by atoms with Crippen LogP contribution in [-0.2, 0) is 13.2 Å². The molecule has 0 heterocycles. The first kappa shape index (κ1) is 19.8. The van der Waals surface area contributed by atoms with E-state index >= 15 is 0 Å². The Bertz CT molecular complexity index is 650. The molecular formula is C19H24BrFN2O2. The first-order valence-electron chi connectivity index (χ1n) is 8.30. The van der Waals surface area contributed by atoms with E-state index in [0.717, 1.165) is 34.4 Å². The second-order valence-corrected chi connectivity index (χ2v) is 6.81. The van der Waals surface area contributed by atoms with Crippen molar-refractivity contribution < 1.29 is 14.2 Å². The third-order valence-corrected chi connectivity index (χ3v) is 4.06. The molecule has 0 amide bonds. The fourth-order valence-electron chi connectivity index (χ4n) is 2.28. The van der Waals surface area contributed by atoms with Crippen molar-refractivity contribution in [2.75, 3.05) is 19.6 Å². The lowest BCUT2D eigenvalue weighted by Crippen LogP contribution is -2.31. The van der Waals surface area contributed by atoms with E-state index in [-0.39, 0.29) is 11.9 Å². The van der Waals surface area contributed by atoms with E-state index in [1.807, 2.05) is 18.2 Å². The second kappa shape index (κ2) is 10.5. The van der Waals surface area contributed by atoms with Crippen molar-refractivity contribution in [2.45, 2.75) is 26.2 Å². The van der Waals surface area contributed by atoms with Crippen molar-refractivity contribution in [3.05, 3.63) is 63.9 Å². The summed E-state index contributed by atoms with van der Waals surface area (Å²) in [4.78, 5) is 0. The van der Waals surface area contributed by atoms with E-state index in [1.165, 1.54) is 12.1 Å². The predicted molar refractivity (Wildman–Crippen MR) is 101 cm³/mol. The third-order valence-electron chi connectivity index (χ3n) is 3.56. The Morgan fingerprint density at radius 1 is 1.12 bits per heavy atom. The van der Waals surface area contributed by atoms with Crippen molar-refractivity contribution in [3.63, 3.8) is 0 Å². The van der Waals surface area contributed by atoms with Gasteiger partial charge in [0, 0.05) is 36.2 Å². The lowest BCUT2D eigenvalue weighted by Gasteiger charge is -2.13. The van der Waals surface area contributed by atoms with Gasteiger partial charge in [-0.2, -0.15) is 0 Å². The van der Waals surface area contributed by atoms with Crippen LogP contribution in [0, 0.1) is 5.82 Å². The zero-order valence-corrected chi connectivity index (χ0v) is 15.9. The monoisotopic (exact) mass is 410 g/mol. The highest BCUT2D eigenvalue weighted by Crippen LogP contribution is 2.24. The molecule has 0 aromatic heterocycles. The van der Waals surface area contributed by atoms with Crippen LogP contribution >= 0.6 is 15.9 Å². The molecule has 0 unspecified atom stereocenters. The minimum absolute atomic E-state index is 0.249. The van der Waals surface area contributed by atoms with Gasteiger partial charge in [0.1, 0.15) is 18.2 Å². The zero-order chi connectivity index (χ0) is 18.1. The maximum absolute atomic E-state index is 13.0. The van der Waals surface area contributed by atoms with Crippen molar-refractivity contribution in [2.24, 2.45) is 0 Å². The SMILES string of the molecule is C[C@@H](O)CNCCNCc1cc(Br)ccc1OCc1ccc(F)cc1. The van der Waals surface area contributed by atoms with Crippen molar-refractivity contribution >= 4 is 15.9 Å². The standard InChI is InChI=1S/C19H24BrFN2O2/c1-14(24)11-22-8-9-23-12-16-10-17(20)4-7-19(16)25-13-15-2-5-18(21)6-3-15/h2-7,10,14,22-24H,8-9,11-13H2,1H3/t14-/m1/s1. The first-order chi connectivity index (χ1) is 12.0. The molecular weight excluding hydrogens is 387 g/mol. The van der Waals surface area contributed by atoms with Gasteiger partial charge in [0.2, 0.25) is 0 Å². The van der Waals surface area contributed by atoms with E-state index in [0.29, 0.717) is 19.7 Å². The minimum atomic E-state index is -0.337. The van der Waals surface area contributed by atoms with Crippen molar-refractivity contribution in [1.29, 1.82) is 0 Å². The van der Waals surface area contributed by atoms with Gasteiger partial charge >= 0.3 is 0 Å². The normalized spacial score (nSPS) is 12.2. The number of ether oxygens (including phenoxy) is 1. The lowest BCUT2D eigenvalue weighted by molar-refractivity contribution is 0.191. The number of nitrogens with one attached hydrogen (secondary N) is 2. The highest BCUT2D eigenvalue weighted by atomic mass is 79.9. The molecule has 6 heteroatoms. The summed E-state index contributed by atoms with van der Waals surface area (Å²) in [6.45, 7) is 4.98. The number of aliphatic hydroxyl groups excluding tert-OH is 1. The summed E-state index contributed by atoms with van der Waals surface area (Å²) >= 11 is 3.48. The Labute approximate surface area is 156 Å². The Kier molecular flexibility index (Phi) is 8.34. The van der Waals surface area contributed by atoms with Crippen LogP contribution in [0.25, 0.3) is 0 Å². The van der Waals surface area contributed by atoms with E-state index in [2.05, 4.69) is 26.6 Å². The van der Waals surface area contributed by atoms with Gasteiger partial charge in [0.15, 0.2) is 0 Å². The molecule has 0 radical (unpaired) electrons. The van der Waals surface area contributed by atoms with Gasteiger partial charge in [-0.25, -0.2) is 4.39 Å². The molecule has 3 N–H and O–H groups in total. The summed E-state index contributed by atoms with van der Waals surface area (Å²) in [6.07, 6.45) is -0.337. The van der Waals surface area contributed by atoms with Crippen LogP contribution in [-0.4, -0.2) is 30.8 Å². The van der Waals surface area contributed by atoms with Gasteiger partial charge in [-0.15, -0.1) is 0 Å². The molecule has 0 bridgehead atoms. The van der Waals surface area contributed by atoms with Crippen LogP contribution in [0.5, 0.6) is 5.75 Å². The molecule has 2 aromatic carbocycles. The van der Waals surface area contributed by atoms with Crippen LogP contribution in [0.4, 0.5) is 4.39 Å². The number of hydrogen-bond acceptors (Lipinski definition) is 4. The quantitative estimate of drug-likeness (QED) is 0.526. The summed E-state index contributed by atoms with van der Waals surface area (Å²) in [7, 11) is 0. The van der Waals surface area contributed by atoms with Crippen LogP contribution in [0.2, 0.25) is 0 Å². The van der Waals surface area contributed by atoms with Crippen molar-refractivity contribution in [3.8, 4) is 5.75 Å². The zero-order valence-electron chi connectivity index (χ0n) is 14.3. The Morgan fingerprint density at radius 2 is 1.84 bits per heavy atom. The number of halogens is 2. The molecule has 0 aliphatic heterocycles. The molecule has 4 nitrogen and oxygen atoms in total. The molecule has 0 saturated carbocycles. The van der Waals surface area contributed by atoms with Gasteiger partial charge in [0.25, 0.3) is 0 Å². The largest absolute Gasteiger partial charge is 0.489 e. The van der Waals surface area contributed by atoms with E-state index < -0.39 is 0 Å². The molecule has 2 rings (SSSR count). The summed E-state index contributed by atoms with van der Waals surface area (Å²) in [6, 6.07) is 12.2. The predicted octanol–water partition coefficient (Wildman–Crippen LogP) is 3.23. The summed E-state index contributed by atoms with van der Waals surface area (Å²) in [5, 5.41) is 15.7. The lowest BCUT2D eigenvalue weighted by atomic mass is 10.2. The van der Waals surface area contributed by atoms with E-state index in [4.69, 9.17) is 4.74 Å². The molecule has 2 aromatic rings. The maximum Gasteiger partial charge on any atom is 0.124 e. The van der Waals surface area contributed by atoms with E-state index in [9.17, 15) is 9.50 Å². The first-order valence-corrected chi connectivity index (χ1v) is 9.09. The van der Waals surface area contributed by atoms with Crippen LogP contribution in [0.3, 0.4) is 0 Å². The van der Waals surface area contributed by atoms with Gasteiger partial charge in [0.05, 0.1) is 6.10 Å². The van der Waals surface area contributed by atoms with Crippen LogP contribution in [0.15, 0.2) is 46.9 Å². The Morgan fingerprint density at radius 3 is 2.56 bits per heavy atom. The number of rotatable bonds is 10. The molecule has 0 saturated heterocycles. The molecule has 1 atom stereocenters. The number of hydrogen-bond donors (Lipinski definition) is 3. The molecule has 0 aliphatic rings. The molecule has 0 aliphatic carbocycles. The summed E-state index contributed by atoms with van der Waals surface area (Å²) in [5.41, 5.74) is 1.97. The number of benzene rings is 2. The molecule has 0 spiro atoms. The Hall–Kier alpha value is -1.47. The smallest absolute Gasteiger partial charge is 0.124 e. The van der Waals surface area contributed by atoms with Gasteiger partial charge in [-0.05, 0) is 42.8 Å². The highest BCUT2D eigenvalue weighted by Gasteiger charge is 2.06. The molecule has 136 valence electrons. The highest BCUT2D eigenvalue weighted by molar-refractivity contribution is 9.10. The Balaban J connectivity index is 1.85. The van der Waals surface area contributed by atoms with E-state index in [1.54, 1.807) is 19.1 Å². The maximum atomic E-state index is 13.0. The fourth-order valence-corrected chi connectivity index (χ4v) is 2.69. The molecule has 0 fully saturated rings. The van der Waals surface area contributed by atoms with Crippen LogP contribution < -0.4 is 15.4 Å². The summed E-state index contributed by atoms with van der Waals surface area (Å²) in [5.74, 6) is 0.554. The third kappa shape index (κ3) is 7.52. The van der Waals surface area contributed by atoms with Crippen molar-refractivity contribution in [1.82, 2.24) is 10.6 Å². The average molecular weight is 411 g/mol. The number of aliphatic hydroxyl groups is 1. The molecule has 25 heavy (non-hydrogen) atoms. The fraction of sp³-hybridized carbons (Fsp3) is 0.368. The minimum Gasteiger partial charge on any atom is -0.489 e. The van der Waals surface area contributed by atoms with Gasteiger partial charge in [-0.1, -0.05) is 28.1 Å². The topological polar surface area (TPSA) is 53.5 Å².